The van der Waals surface area contributed by atoms with Crippen LogP contribution in [-0.2, 0) is 33.9 Å². The maximum absolute atomic E-state index is 14.0. The quantitative estimate of drug-likeness (QED) is 0.174. The molecule has 2 atom stereocenters. The van der Waals surface area contributed by atoms with Crippen molar-refractivity contribution in [2.24, 2.45) is 0 Å². The smallest absolute Gasteiger partial charge is 0.310 e. The molecule has 1 N–H and O–H groups in total. The third kappa shape index (κ3) is 7.17. The van der Waals surface area contributed by atoms with Crippen molar-refractivity contribution in [3.05, 3.63) is 83.9 Å². The summed E-state index contributed by atoms with van der Waals surface area (Å²) in [5, 5.41) is 0.887. The van der Waals surface area contributed by atoms with E-state index in [4.69, 9.17) is 13.9 Å². The molecule has 0 bridgehead atoms. The van der Waals surface area contributed by atoms with Crippen LogP contribution in [0.5, 0.6) is 5.75 Å². The van der Waals surface area contributed by atoms with E-state index in [0.29, 0.717) is 23.6 Å². The van der Waals surface area contributed by atoms with Gasteiger partial charge in [0.15, 0.2) is 0 Å². The molecule has 9 heteroatoms. The molecule has 2 aromatic carbocycles. The Balaban J connectivity index is 1.61. The zero-order chi connectivity index (χ0) is 28.0. The lowest BCUT2D eigenvalue weighted by Gasteiger charge is -2.26. The van der Waals surface area contributed by atoms with Crippen molar-refractivity contribution >= 4 is 28.3 Å². The first kappa shape index (κ1) is 28.6. The number of benzene rings is 2. The molecule has 4 rings (SSSR count). The van der Waals surface area contributed by atoms with Crippen LogP contribution in [0.15, 0.2) is 71.5 Å². The highest BCUT2D eigenvalue weighted by Crippen LogP contribution is 2.33. The van der Waals surface area contributed by atoms with Gasteiger partial charge in [0.2, 0.25) is 0 Å². The van der Waals surface area contributed by atoms with Crippen LogP contribution >= 0.6 is 0 Å². The Morgan fingerprint density at radius 3 is 2.72 bits per heavy atom. The topological polar surface area (TPSA) is 96.7 Å². The molecule has 0 fully saturated rings. The number of rotatable bonds is 11. The second-order valence-electron chi connectivity index (χ2n) is 10.0. The number of furan rings is 1. The molecule has 2 heterocycles. The number of ether oxygens (including phenoxy) is 2. The second kappa shape index (κ2) is 12.6. The van der Waals surface area contributed by atoms with Crippen molar-refractivity contribution in [2.75, 3.05) is 13.3 Å². The molecule has 0 aliphatic rings. The molecule has 2 aromatic heterocycles. The summed E-state index contributed by atoms with van der Waals surface area (Å²) < 4.78 is 45.9. The Morgan fingerprint density at radius 1 is 1.18 bits per heavy atom. The number of hydrogen-bond donors (Lipinski definition) is 1. The van der Waals surface area contributed by atoms with E-state index in [-0.39, 0.29) is 19.0 Å². The monoisotopic (exact) mass is 552 g/mol. The Bertz CT molecular complexity index is 1420. The summed E-state index contributed by atoms with van der Waals surface area (Å²) in [5.74, 6) is 0.297. The molecule has 0 saturated carbocycles. The first-order chi connectivity index (χ1) is 18.7. The number of hydrogen-bond acceptors (Lipinski definition) is 7. The van der Waals surface area contributed by atoms with E-state index in [1.165, 1.54) is 0 Å². The van der Waals surface area contributed by atoms with Crippen molar-refractivity contribution < 1.29 is 27.6 Å². The van der Waals surface area contributed by atoms with Crippen molar-refractivity contribution in [2.45, 2.75) is 51.5 Å². The molecule has 0 radical (unpaired) electrons. The van der Waals surface area contributed by atoms with Gasteiger partial charge in [0.05, 0.1) is 25.0 Å². The number of para-hydroxylation sites is 1. The summed E-state index contributed by atoms with van der Waals surface area (Å²) >= 11 is -1.46. The highest BCUT2D eigenvalue weighted by molar-refractivity contribution is 7.90. The van der Waals surface area contributed by atoms with Crippen LogP contribution in [0.4, 0.5) is 4.39 Å². The fourth-order valence-corrected chi connectivity index (χ4v) is 4.84. The molecular weight excluding hydrogens is 519 g/mol. The van der Waals surface area contributed by atoms with Gasteiger partial charge in [-0.1, -0.05) is 18.2 Å². The van der Waals surface area contributed by atoms with Crippen LogP contribution in [0.1, 0.15) is 50.6 Å². The van der Waals surface area contributed by atoms with Crippen molar-refractivity contribution in [3.8, 4) is 16.9 Å². The van der Waals surface area contributed by atoms with Crippen LogP contribution < -0.4 is 9.46 Å². The number of alkyl halides is 1. The molecule has 0 aliphatic carbocycles. The minimum absolute atomic E-state index is 0.125. The first-order valence-corrected chi connectivity index (χ1v) is 13.9. The van der Waals surface area contributed by atoms with Crippen LogP contribution in [0, 0.1) is 0 Å². The van der Waals surface area contributed by atoms with Crippen molar-refractivity contribution in [1.82, 2.24) is 9.71 Å². The lowest BCUT2D eigenvalue weighted by atomic mass is 10.00. The number of carbonyl (C=O) groups is 1. The van der Waals surface area contributed by atoms with Gasteiger partial charge in [-0.15, -0.1) is 4.72 Å². The molecular formula is C30H33FN2O5S. The van der Waals surface area contributed by atoms with Gasteiger partial charge in [0.1, 0.15) is 35.4 Å². The number of nitrogens with one attached hydrogen (secondary N) is 1. The summed E-state index contributed by atoms with van der Waals surface area (Å²) in [6.07, 6.45) is 3.35. The minimum atomic E-state index is -1.46. The van der Waals surface area contributed by atoms with E-state index in [1.807, 2.05) is 69.3 Å². The Kier molecular flexibility index (Phi) is 9.27. The van der Waals surface area contributed by atoms with Crippen molar-refractivity contribution in [1.29, 1.82) is 0 Å². The van der Waals surface area contributed by atoms with Crippen molar-refractivity contribution in [3.63, 3.8) is 0 Å². The highest BCUT2D eigenvalue weighted by Gasteiger charge is 2.30. The zero-order valence-corrected chi connectivity index (χ0v) is 23.3. The molecule has 39 heavy (non-hydrogen) atoms. The average Bonchev–Trinajstić information content (AvgIpc) is 3.39. The Morgan fingerprint density at radius 2 is 1.97 bits per heavy atom. The largest absolute Gasteiger partial charge is 0.598 e. The van der Waals surface area contributed by atoms with E-state index in [1.54, 1.807) is 25.5 Å². The highest BCUT2D eigenvalue weighted by atomic mass is 32.2. The van der Waals surface area contributed by atoms with Gasteiger partial charge in [-0.3, -0.25) is 9.78 Å². The maximum Gasteiger partial charge on any atom is 0.310 e. The van der Waals surface area contributed by atoms with Crippen LogP contribution in [-0.4, -0.2) is 33.5 Å². The number of nitrogens with zero attached hydrogens (tertiary/aromatic N) is 1. The van der Waals surface area contributed by atoms with Gasteiger partial charge >= 0.3 is 5.97 Å². The molecule has 2 unspecified atom stereocenters. The number of esters is 1. The van der Waals surface area contributed by atoms with Gasteiger partial charge in [-0.2, -0.15) is 0 Å². The van der Waals surface area contributed by atoms with Gasteiger partial charge < -0.3 is 18.4 Å². The number of carbonyl (C=O) groups excluding carboxylic acids is 1. The first-order valence-electron chi connectivity index (χ1n) is 12.8. The summed E-state index contributed by atoms with van der Waals surface area (Å²) in [6, 6.07) is 16.0. The number of fused-ring (bicyclic) bond motifs is 1. The number of halogens is 1. The second-order valence-corrected chi connectivity index (χ2v) is 12.0. The molecule has 0 aliphatic heterocycles. The minimum Gasteiger partial charge on any atom is -0.598 e. The summed E-state index contributed by atoms with van der Waals surface area (Å²) in [4.78, 5) is 16.4. The fourth-order valence-electron chi connectivity index (χ4n) is 4.04. The molecule has 0 amide bonds. The fraction of sp³-hybridized carbons (Fsp3) is 0.333. The van der Waals surface area contributed by atoms with Gasteiger partial charge in [0.25, 0.3) is 0 Å². The van der Waals surface area contributed by atoms with Gasteiger partial charge in [-0.25, -0.2) is 4.39 Å². The summed E-state index contributed by atoms with van der Waals surface area (Å²) in [7, 11) is 0. The standard InChI is InChI=1S/C30H33FN2O5S/c1-5-36-28(34)17-22-8-6-7-9-27(22)38-19-20-14-23-11-13-37-29(23)24(15-20)21-10-12-32-25(16-21)26(18-31)33-39(35)30(2,3)4/h6-16,26,33H,5,17-19H2,1-4H3. The predicted molar refractivity (Wildman–Crippen MR) is 150 cm³/mol. The zero-order valence-electron chi connectivity index (χ0n) is 22.5. The van der Waals surface area contributed by atoms with E-state index < -0.39 is 28.8 Å². The molecule has 0 spiro atoms. The van der Waals surface area contributed by atoms with Crippen LogP contribution in [0.2, 0.25) is 0 Å². The molecule has 0 saturated heterocycles. The van der Waals surface area contributed by atoms with Crippen LogP contribution in [0.25, 0.3) is 22.1 Å². The third-order valence-corrected chi connectivity index (χ3v) is 7.64. The van der Waals surface area contributed by atoms with Gasteiger partial charge in [-0.05, 0) is 75.2 Å². The summed E-state index contributed by atoms with van der Waals surface area (Å²) in [5.41, 5.74) is 4.35. The lowest BCUT2D eigenvalue weighted by molar-refractivity contribution is -0.142. The molecule has 206 valence electrons. The van der Waals surface area contributed by atoms with Gasteiger partial charge in [0, 0.05) is 34.1 Å². The average molecular weight is 553 g/mol. The number of pyridine rings is 1. The lowest BCUT2D eigenvalue weighted by Crippen LogP contribution is -2.42. The molecule has 4 aromatic rings. The van der Waals surface area contributed by atoms with E-state index in [0.717, 1.165) is 27.6 Å². The van der Waals surface area contributed by atoms with E-state index in [2.05, 4.69) is 9.71 Å². The predicted octanol–water partition coefficient (Wildman–Crippen LogP) is 6.24. The maximum atomic E-state index is 14.0. The Hall–Kier alpha value is -3.40. The normalized spacial score (nSPS) is 13.3. The number of aromatic nitrogens is 1. The Labute approximate surface area is 231 Å². The van der Waals surface area contributed by atoms with E-state index >= 15 is 0 Å². The third-order valence-electron chi connectivity index (χ3n) is 6.03. The SMILES string of the molecule is CCOC(=O)Cc1ccccc1OCc1cc(-c2ccnc(C(CF)N[S+]([O-])C(C)(C)C)c2)c2occc2c1. The summed E-state index contributed by atoms with van der Waals surface area (Å²) in [6.45, 7) is 7.07. The molecule has 7 nitrogen and oxygen atoms in total. The van der Waals surface area contributed by atoms with Crippen LogP contribution in [0.3, 0.4) is 0 Å². The van der Waals surface area contributed by atoms with E-state index in [9.17, 15) is 13.7 Å².